The Bertz CT molecular complexity index is 370. The van der Waals surface area contributed by atoms with E-state index in [1.807, 2.05) is 24.3 Å². The van der Waals surface area contributed by atoms with Gasteiger partial charge in [0.2, 0.25) is 0 Å². The fraction of sp³-hybridized carbons (Fsp3) is 0. The summed E-state index contributed by atoms with van der Waals surface area (Å²) in [5, 5.41) is 4.17. The highest BCUT2D eigenvalue weighted by Gasteiger charge is 2.00. The maximum atomic E-state index is 5.79. The van der Waals surface area contributed by atoms with E-state index in [1.54, 1.807) is 6.07 Å². The van der Waals surface area contributed by atoms with Gasteiger partial charge in [0.05, 0.1) is 0 Å². The van der Waals surface area contributed by atoms with Crippen LogP contribution >= 0.6 is 11.6 Å². The molecule has 0 unspecified atom stereocenters. The van der Waals surface area contributed by atoms with Crippen molar-refractivity contribution in [1.82, 2.24) is 5.16 Å². The molecule has 2 rings (SSSR count). The van der Waals surface area contributed by atoms with E-state index in [2.05, 4.69) is 11.4 Å². The van der Waals surface area contributed by atoms with Crippen molar-refractivity contribution in [2.75, 3.05) is 0 Å². The van der Waals surface area contributed by atoms with Crippen molar-refractivity contribution >= 4 is 11.6 Å². The summed E-state index contributed by atoms with van der Waals surface area (Å²) >= 11 is 5.79. The van der Waals surface area contributed by atoms with E-state index in [0.29, 0.717) is 10.8 Å². The van der Waals surface area contributed by atoms with Crippen LogP contribution in [0.2, 0.25) is 5.02 Å². The van der Waals surface area contributed by atoms with Gasteiger partial charge in [-0.1, -0.05) is 28.9 Å². The molecule has 0 fully saturated rings. The van der Waals surface area contributed by atoms with Crippen LogP contribution < -0.4 is 0 Å². The molecule has 1 aromatic heterocycles. The number of hydrogen-bond acceptors (Lipinski definition) is 2. The van der Waals surface area contributed by atoms with Crippen molar-refractivity contribution in [1.29, 1.82) is 0 Å². The molecule has 0 aliphatic heterocycles. The number of halogens is 1. The normalized spacial score (nSPS) is 10.1. The lowest BCUT2D eigenvalue weighted by atomic mass is 10.2. The van der Waals surface area contributed by atoms with Crippen LogP contribution in [0.15, 0.2) is 34.9 Å². The Morgan fingerprint density at radius 3 is 3.00 bits per heavy atom. The molecule has 12 heavy (non-hydrogen) atoms. The van der Waals surface area contributed by atoms with E-state index in [0.717, 1.165) is 5.56 Å². The maximum Gasteiger partial charge on any atom is 0.167 e. The zero-order chi connectivity index (χ0) is 8.39. The first-order valence-electron chi connectivity index (χ1n) is 3.45. The van der Waals surface area contributed by atoms with Gasteiger partial charge >= 0.3 is 0 Å². The van der Waals surface area contributed by atoms with Gasteiger partial charge in [0.15, 0.2) is 5.76 Å². The summed E-state index contributed by atoms with van der Waals surface area (Å²) in [5.41, 5.74) is 0.913. The molecule has 0 spiro atoms. The van der Waals surface area contributed by atoms with Crippen molar-refractivity contribution in [3.05, 3.63) is 41.6 Å². The van der Waals surface area contributed by atoms with Gasteiger partial charge in [-0.2, -0.15) is 0 Å². The third kappa shape index (κ3) is 1.34. The summed E-state index contributed by atoms with van der Waals surface area (Å²) in [4.78, 5) is 0. The summed E-state index contributed by atoms with van der Waals surface area (Å²) < 4.78 is 4.91. The van der Waals surface area contributed by atoms with E-state index in [4.69, 9.17) is 16.1 Å². The first kappa shape index (κ1) is 7.37. The summed E-state index contributed by atoms with van der Waals surface area (Å²) in [7, 11) is 0. The fourth-order valence-electron chi connectivity index (χ4n) is 0.965. The zero-order valence-electron chi connectivity index (χ0n) is 6.12. The number of nitrogens with zero attached hydrogens (tertiary/aromatic N) is 1. The Labute approximate surface area is 74.8 Å². The van der Waals surface area contributed by atoms with Gasteiger partial charge in [-0.25, -0.2) is 0 Å². The van der Waals surface area contributed by atoms with Crippen molar-refractivity contribution in [3.8, 4) is 11.3 Å². The average molecular weight is 179 g/mol. The molecule has 59 valence electrons. The Balaban J connectivity index is 2.48. The number of benzene rings is 1. The van der Waals surface area contributed by atoms with Crippen molar-refractivity contribution in [2.45, 2.75) is 0 Å². The second-order valence-corrected chi connectivity index (χ2v) is 2.77. The molecule has 1 radical (unpaired) electrons. The molecule has 0 aliphatic carbocycles. The summed E-state index contributed by atoms with van der Waals surface area (Å²) in [6.45, 7) is 0. The average Bonchev–Trinajstić information content (AvgIpc) is 2.56. The molecule has 2 aromatic rings. The van der Waals surface area contributed by atoms with Crippen LogP contribution in [0, 0.1) is 6.20 Å². The van der Waals surface area contributed by atoms with E-state index in [1.165, 1.54) is 0 Å². The molecule has 0 saturated carbocycles. The third-order valence-electron chi connectivity index (χ3n) is 1.50. The molecule has 0 aliphatic rings. The van der Waals surface area contributed by atoms with Crippen LogP contribution in [0.3, 0.4) is 0 Å². The van der Waals surface area contributed by atoms with E-state index >= 15 is 0 Å². The minimum atomic E-state index is 0.678. The smallest absolute Gasteiger partial charge is 0.167 e. The molecule has 0 amide bonds. The third-order valence-corrected chi connectivity index (χ3v) is 1.74. The fourth-order valence-corrected chi connectivity index (χ4v) is 1.15. The highest BCUT2D eigenvalue weighted by atomic mass is 35.5. The molecule has 1 aromatic carbocycles. The first-order valence-corrected chi connectivity index (χ1v) is 3.83. The second-order valence-electron chi connectivity index (χ2n) is 2.33. The quantitative estimate of drug-likeness (QED) is 0.671. The Morgan fingerprint density at radius 2 is 2.33 bits per heavy atom. The first-order chi connectivity index (χ1) is 5.86. The predicted octanol–water partition coefficient (Wildman–Crippen LogP) is 2.80. The predicted molar refractivity (Wildman–Crippen MR) is 45.8 cm³/mol. The lowest BCUT2D eigenvalue weighted by Gasteiger charge is -1.94. The van der Waals surface area contributed by atoms with Gasteiger partial charge in [-0.15, -0.1) is 0 Å². The number of hydrogen-bond donors (Lipinski definition) is 0. The zero-order valence-corrected chi connectivity index (χ0v) is 6.88. The number of aromatic nitrogens is 1. The molecule has 0 atom stereocenters. The summed E-state index contributed by atoms with van der Waals surface area (Å²) in [5.74, 6) is 0.678. The van der Waals surface area contributed by atoms with Crippen molar-refractivity contribution < 1.29 is 4.52 Å². The monoisotopic (exact) mass is 178 g/mol. The minimum absolute atomic E-state index is 0.678. The molecule has 2 nitrogen and oxygen atoms in total. The second kappa shape index (κ2) is 2.99. The topological polar surface area (TPSA) is 26.0 Å². The van der Waals surface area contributed by atoms with E-state index in [-0.39, 0.29) is 0 Å². The molecule has 0 N–H and O–H groups in total. The van der Waals surface area contributed by atoms with Crippen molar-refractivity contribution in [3.63, 3.8) is 0 Å². The van der Waals surface area contributed by atoms with Gasteiger partial charge in [0.1, 0.15) is 6.20 Å². The number of rotatable bonds is 1. The van der Waals surface area contributed by atoms with Crippen LogP contribution in [0.1, 0.15) is 0 Å². The Morgan fingerprint density at radius 1 is 1.42 bits per heavy atom. The minimum Gasteiger partial charge on any atom is -0.356 e. The van der Waals surface area contributed by atoms with E-state index < -0.39 is 0 Å². The van der Waals surface area contributed by atoms with E-state index in [9.17, 15) is 0 Å². The summed E-state index contributed by atoms with van der Waals surface area (Å²) in [6, 6.07) is 9.06. The molecule has 0 saturated heterocycles. The standard InChI is InChI=1S/C9H5ClNO/c10-8-3-1-2-7(6-8)9-4-5-11-12-9/h1-4,6H. The lowest BCUT2D eigenvalue weighted by Crippen LogP contribution is -1.72. The molecule has 0 bridgehead atoms. The maximum absolute atomic E-state index is 5.79. The van der Waals surface area contributed by atoms with Crippen LogP contribution in [0.4, 0.5) is 0 Å². The van der Waals surface area contributed by atoms with Gasteiger partial charge in [0.25, 0.3) is 0 Å². The SMILES string of the molecule is Clc1cccc(-c2c[c]no2)c1. The van der Waals surface area contributed by atoms with Gasteiger partial charge in [0, 0.05) is 16.7 Å². The Hall–Kier alpha value is -1.28. The summed E-state index contributed by atoms with van der Waals surface area (Å²) in [6.07, 6.45) is 2.59. The highest BCUT2D eigenvalue weighted by Crippen LogP contribution is 2.21. The highest BCUT2D eigenvalue weighted by molar-refractivity contribution is 6.30. The van der Waals surface area contributed by atoms with Crippen LogP contribution in [0.25, 0.3) is 11.3 Å². The lowest BCUT2D eigenvalue weighted by molar-refractivity contribution is 0.431. The van der Waals surface area contributed by atoms with Gasteiger partial charge < -0.3 is 4.52 Å². The Kier molecular flexibility index (Phi) is 1.84. The molecule has 3 heteroatoms. The molecular weight excluding hydrogens is 174 g/mol. The van der Waals surface area contributed by atoms with Crippen LogP contribution in [0.5, 0.6) is 0 Å². The molecule has 1 heterocycles. The van der Waals surface area contributed by atoms with Gasteiger partial charge in [-0.3, -0.25) is 0 Å². The van der Waals surface area contributed by atoms with Crippen LogP contribution in [-0.2, 0) is 0 Å². The largest absolute Gasteiger partial charge is 0.356 e. The van der Waals surface area contributed by atoms with Crippen molar-refractivity contribution in [2.24, 2.45) is 0 Å². The molecular formula is C9H5ClNO. The van der Waals surface area contributed by atoms with Crippen LogP contribution in [-0.4, -0.2) is 5.16 Å². The van der Waals surface area contributed by atoms with Gasteiger partial charge in [-0.05, 0) is 12.1 Å².